The van der Waals surface area contributed by atoms with Crippen LogP contribution in [-0.2, 0) is 11.8 Å². The second-order valence-electron chi connectivity index (χ2n) is 3.87. The number of aryl methyl sites for hydroxylation is 1. The molecule has 6 nitrogen and oxygen atoms in total. The number of nitrogens with zero attached hydrogens (tertiary/aromatic N) is 3. The third-order valence-corrected chi connectivity index (χ3v) is 2.77. The summed E-state index contributed by atoms with van der Waals surface area (Å²) in [5.41, 5.74) is 1.65. The Labute approximate surface area is 103 Å². The van der Waals surface area contributed by atoms with Gasteiger partial charge in [0.05, 0.1) is 11.6 Å². The van der Waals surface area contributed by atoms with E-state index in [1.165, 1.54) is 9.47 Å². The van der Waals surface area contributed by atoms with Crippen LogP contribution in [0.25, 0.3) is 11.1 Å². The summed E-state index contributed by atoms with van der Waals surface area (Å²) in [6.45, 7) is 0. The standard InChI is InChI=1S/C12H11N3O3/c1-14(11(16)5-6-13)8-3-4-9-10(7-8)18-12(17)15(9)2/h3-4,7H,5H2,1-2H3. The summed E-state index contributed by atoms with van der Waals surface area (Å²) < 4.78 is 6.42. The Morgan fingerprint density at radius 1 is 1.56 bits per heavy atom. The van der Waals surface area contributed by atoms with E-state index in [-0.39, 0.29) is 12.3 Å². The Morgan fingerprint density at radius 2 is 2.28 bits per heavy atom. The minimum absolute atomic E-state index is 0.187. The molecule has 0 aliphatic carbocycles. The van der Waals surface area contributed by atoms with E-state index in [2.05, 4.69) is 0 Å². The van der Waals surface area contributed by atoms with E-state index in [1.54, 1.807) is 38.4 Å². The molecule has 0 spiro atoms. The molecule has 0 aliphatic heterocycles. The Kier molecular flexibility index (Phi) is 2.90. The van der Waals surface area contributed by atoms with Gasteiger partial charge < -0.3 is 9.32 Å². The fraction of sp³-hybridized carbons (Fsp3) is 0.250. The number of carbonyl (C=O) groups excluding carboxylic acids is 1. The maximum atomic E-state index is 11.6. The van der Waals surface area contributed by atoms with Gasteiger partial charge in [0.15, 0.2) is 5.58 Å². The topological polar surface area (TPSA) is 79.2 Å². The molecule has 2 rings (SSSR count). The van der Waals surface area contributed by atoms with Gasteiger partial charge in [0.25, 0.3) is 0 Å². The molecule has 0 fully saturated rings. The van der Waals surface area contributed by atoms with Crippen molar-refractivity contribution in [3.8, 4) is 6.07 Å². The van der Waals surface area contributed by atoms with Gasteiger partial charge in [-0.15, -0.1) is 0 Å². The van der Waals surface area contributed by atoms with E-state index in [9.17, 15) is 9.59 Å². The van der Waals surface area contributed by atoms with Crippen molar-refractivity contribution < 1.29 is 9.21 Å². The van der Waals surface area contributed by atoms with Crippen molar-refractivity contribution in [1.29, 1.82) is 5.26 Å². The fourth-order valence-corrected chi connectivity index (χ4v) is 1.66. The van der Waals surface area contributed by atoms with Crippen LogP contribution in [0.2, 0.25) is 0 Å². The van der Waals surface area contributed by atoms with Crippen LogP contribution in [-0.4, -0.2) is 17.5 Å². The predicted molar refractivity (Wildman–Crippen MR) is 65.1 cm³/mol. The maximum Gasteiger partial charge on any atom is 0.419 e. The number of benzene rings is 1. The number of fused-ring (bicyclic) bond motifs is 1. The van der Waals surface area contributed by atoms with E-state index in [4.69, 9.17) is 9.68 Å². The minimum atomic E-state index is -0.451. The summed E-state index contributed by atoms with van der Waals surface area (Å²) in [4.78, 5) is 24.2. The number of aromatic nitrogens is 1. The molecular weight excluding hydrogens is 234 g/mol. The van der Waals surface area contributed by atoms with Crippen molar-refractivity contribution in [2.75, 3.05) is 11.9 Å². The number of oxazole rings is 1. The summed E-state index contributed by atoms with van der Waals surface area (Å²) in [6, 6.07) is 6.80. The van der Waals surface area contributed by atoms with Gasteiger partial charge in [-0.25, -0.2) is 4.79 Å². The van der Waals surface area contributed by atoms with Gasteiger partial charge in [0.1, 0.15) is 6.42 Å². The number of carbonyl (C=O) groups is 1. The molecule has 1 amide bonds. The van der Waals surface area contributed by atoms with Gasteiger partial charge in [0, 0.05) is 25.8 Å². The second-order valence-corrected chi connectivity index (χ2v) is 3.87. The van der Waals surface area contributed by atoms with Crippen molar-refractivity contribution in [3.63, 3.8) is 0 Å². The molecule has 6 heteroatoms. The van der Waals surface area contributed by atoms with Crippen LogP contribution < -0.4 is 10.7 Å². The summed E-state index contributed by atoms with van der Waals surface area (Å²) in [5, 5.41) is 8.48. The molecule has 0 saturated heterocycles. The van der Waals surface area contributed by atoms with Gasteiger partial charge in [-0.3, -0.25) is 9.36 Å². The molecule has 92 valence electrons. The first-order valence-electron chi connectivity index (χ1n) is 5.27. The minimum Gasteiger partial charge on any atom is -0.408 e. The van der Waals surface area contributed by atoms with E-state index in [1.807, 2.05) is 0 Å². The quantitative estimate of drug-likeness (QED) is 0.790. The summed E-state index contributed by atoms with van der Waals surface area (Å²) in [5.74, 6) is -0.761. The Bertz CT molecular complexity index is 705. The smallest absolute Gasteiger partial charge is 0.408 e. The number of nitriles is 1. The van der Waals surface area contributed by atoms with Crippen molar-refractivity contribution in [1.82, 2.24) is 4.57 Å². The largest absolute Gasteiger partial charge is 0.419 e. The van der Waals surface area contributed by atoms with E-state index in [0.29, 0.717) is 16.8 Å². The summed E-state index contributed by atoms with van der Waals surface area (Å²) >= 11 is 0. The molecule has 0 aliphatic rings. The highest BCUT2D eigenvalue weighted by molar-refractivity contribution is 5.95. The number of hydrogen-bond donors (Lipinski definition) is 0. The van der Waals surface area contributed by atoms with Gasteiger partial charge in [-0.2, -0.15) is 5.26 Å². The SMILES string of the molecule is CN(C(=O)CC#N)c1ccc2c(c1)oc(=O)n2C. The number of hydrogen-bond acceptors (Lipinski definition) is 4. The van der Waals surface area contributed by atoms with Crippen LogP contribution in [0.3, 0.4) is 0 Å². The molecule has 0 saturated carbocycles. The van der Waals surface area contributed by atoms with Crippen molar-refractivity contribution >= 4 is 22.7 Å². The lowest BCUT2D eigenvalue weighted by molar-refractivity contribution is -0.117. The lowest BCUT2D eigenvalue weighted by Crippen LogP contribution is -2.25. The first-order valence-corrected chi connectivity index (χ1v) is 5.27. The number of amides is 1. The van der Waals surface area contributed by atoms with E-state index in [0.717, 1.165) is 0 Å². The normalized spacial score (nSPS) is 10.3. The summed E-state index contributed by atoms with van der Waals surface area (Å²) in [7, 11) is 3.18. The molecule has 1 aromatic carbocycles. The number of rotatable bonds is 2. The van der Waals surface area contributed by atoms with Gasteiger partial charge in [-0.05, 0) is 12.1 Å². The zero-order chi connectivity index (χ0) is 13.3. The molecule has 0 atom stereocenters. The third-order valence-electron chi connectivity index (χ3n) is 2.77. The molecule has 2 aromatic rings. The van der Waals surface area contributed by atoms with Crippen molar-refractivity contribution in [2.45, 2.75) is 6.42 Å². The Hall–Kier alpha value is -2.55. The predicted octanol–water partition coefficient (Wildman–Crippen LogP) is 1.01. The lowest BCUT2D eigenvalue weighted by Gasteiger charge is -2.15. The van der Waals surface area contributed by atoms with Crippen LogP contribution in [0, 0.1) is 11.3 Å². The highest BCUT2D eigenvalue weighted by Crippen LogP contribution is 2.20. The van der Waals surface area contributed by atoms with Crippen LogP contribution in [0.1, 0.15) is 6.42 Å². The van der Waals surface area contributed by atoms with Gasteiger partial charge >= 0.3 is 5.76 Å². The van der Waals surface area contributed by atoms with Crippen LogP contribution in [0.5, 0.6) is 0 Å². The molecule has 0 unspecified atom stereocenters. The monoisotopic (exact) mass is 245 g/mol. The van der Waals surface area contributed by atoms with Gasteiger partial charge in [0.2, 0.25) is 5.91 Å². The molecule has 0 N–H and O–H groups in total. The molecular formula is C12H11N3O3. The average molecular weight is 245 g/mol. The summed E-state index contributed by atoms with van der Waals surface area (Å²) in [6.07, 6.45) is -0.187. The Morgan fingerprint density at radius 3 is 2.94 bits per heavy atom. The zero-order valence-corrected chi connectivity index (χ0v) is 10.0. The van der Waals surface area contributed by atoms with Gasteiger partial charge in [-0.1, -0.05) is 0 Å². The van der Waals surface area contributed by atoms with Crippen LogP contribution in [0.15, 0.2) is 27.4 Å². The Balaban J connectivity index is 2.45. The molecule has 1 heterocycles. The third kappa shape index (κ3) is 1.86. The molecule has 1 aromatic heterocycles. The highest BCUT2D eigenvalue weighted by atomic mass is 16.4. The maximum absolute atomic E-state index is 11.6. The second kappa shape index (κ2) is 4.37. The highest BCUT2D eigenvalue weighted by Gasteiger charge is 2.13. The number of anilines is 1. The lowest BCUT2D eigenvalue weighted by atomic mass is 10.2. The molecule has 0 bridgehead atoms. The van der Waals surface area contributed by atoms with Crippen LogP contribution >= 0.6 is 0 Å². The first kappa shape index (κ1) is 11.9. The average Bonchev–Trinajstić information content (AvgIpc) is 2.64. The molecule has 18 heavy (non-hydrogen) atoms. The van der Waals surface area contributed by atoms with Crippen molar-refractivity contribution in [2.24, 2.45) is 7.05 Å². The van der Waals surface area contributed by atoms with Crippen LogP contribution in [0.4, 0.5) is 5.69 Å². The van der Waals surface area contributed by atoms with Crippen molar-refractivity contribution in [3.05, 3.63) is 28.7 Å². The van der Waals surface area contributed by atoms with E-state index < -0.39 is 5.76 Å². The zero-order valence-electron chi connectivity index (χ0n) is 10.0. The fourth-order valence-electron chi connectivity index (χ4n) is 1.66. The van der Waals surface area contributed by atoms with E-state index >= 15 is 0 Å². The molecule has 0 radical (unpaired) electrons. The first-order chi connectivity index (χ1) is 8.54.